The molecule has 0 spiro atoms. The molecule has 3 aromatic carbocycles. The fourth-order valence-corrected chi connectivity index (χ4v) is 5.12. The predicted molar refractivity (Wildman–Crippen MR) is 148 cm³/mol. The second-order valence-electron chi connectivity index (χ2n) is 10.0. The van der Waals surface area contributed by atoms with Crippen LogP contribution in [-0.2, 0) is 22.6 Å². The molecule has 0 atom stereocenters. The third-order valence-electron chi connectivity index (χ3n) is 7.28. The van der Waals surface area contributed by atoms with E-state index in [1.54, 1.807) is 0 Å². The molecule has 1 saturated heterocycles. The molecule has 0 saturated carbocycles. The molecule has 1 heterocycles. The van der Waals surface area contributed by atoms with Crippen LogP contribution >= 0.6 is 0 Å². The van der Waals surface area contributed by atoms with Gasteiger partial charge in [0.1, 0.15) is 0 Å². The zero-order valence-electron chi connectivity index (χ0n) is 21.7. The summed E-state index contributed by atoms with van der Waals surface area (Å²) in [6.45, 7) is 6.49. The number of hydrogen-bond acceptors (Lipinski definition) is 4. The Morgan fingerprint density at radius 1 is 0.757 bits per heavy atom. The minimum atomic E-state index is -0.754. The molecule has 1 aliphatic rings. The Labute approximate surface area is 220 Å². The van der Waals surface area contributed by atoms with Crippen molar-refractivity contribution in [3.05, 3.63) is 83.9 Å². The first-order chi connectivity index (χ1) is 18.1. The molecule has 0 unspecified atom stereocenters. The Morgan fingerprint density at radius 3 is 2.24 bits per heavy atom. The molecule has 0 aromatic heterocycles. The highest BCUT2D eigenvalue weighted by Gasteiger charge is 2.22. The van der Waals surface area contributed by atoms with Gasteiger partial charge in [-0.1, -0.05) is 79.2 Å². The zero-order valence-corrected chi connectivity index (χ0v) is 21.7. The van der Waals surface area contributed by atoms with Crippen molar-refractivity contribution in [2.75, 3.05) is 45.8 Å². The number of piperazine rings is 1. The van der Waals surface area contributed by atoms with Crippen LogP contribution in [0.25, 0.3) is 10.8 Å². The highest BCUT2D eigenvalue weighted by atomic mass is 16.4. The highest BCUT2D eigenvalue weighted by molar-refractivity contribution is 5.85. The van der Waals surface area contributed by atoms with Crippen molar-refractivity contribution in [2.24, 2.45) is 0 Å². The minimum Gasteiger partial charge on any atom is -0.481 e. The molecular weight excluding hydrogens is 462 g/mol. The molecule has 1 aliphatic heterocycles. The van der Waals surface area contributed by atoms with Crippen LogP contribution in [0.5, 0.6) is 0 Å². The average molecular weight is 502 g/mol. The van der Waals surface area contributed by atoms with Gasteiger partial charge in [0.25, 0.3) is 0 Å². The van der Waals surface area contributed by atoms with Gasteiger partial charge in [-0.15, -0.1) is 0 Å². The second-order valence-corrected chi connectivity index (χ2v) is 10.0. The quantitative estimate of drug-likeness (QED) is 0.345. The average Bonchev–Trinajstić information content (AvgIpc) is 2.91. The van der Waals surface area contributed by atoms with Crippen LogP contribution in [0.4, 0.5) is 0 Å². The maximum Gasteiger partial charge on any atom is 0.303 e. The molecule has 3 aromatic rings. The Bertz CT molecular complexity index is 1140. The van der Waals surface area contributed by atoms with Crippen molar-refractivity contribution in [1.82, 2.24) is 14.7 Å². The third kappa shape index (κ3) is 8.41. The molecule has 1 fully saturated rings. The van der Waals surface area contributed by atoms with Crippen molar-refractivity contribution in [2.45, 2.75) is 38.6 Å². The van der Waals surface area contributed by atoms with Crippen LogP contribution in [0.1, 0.15) is 36.8 Å². The molecule has 196 valence electrons. The fraction of sp³-hybridized carbons (Fsp3) is 0.419. The molecule has 1 amide bonds. The van der Waals surface area contributed by atoms with Crippen molar-refractivity contribution in [3.63, 3.8) is 0 Å². The van der Waals surface area contributed by atoms with Gasteiger partial charge in [-0.05, 0) is 41.2 Å². The maximum absolute atomic E-state index is 13.4. The standard InChI is InChI=1S/C31H39N3O3/c35-30(25-33-22-20-32(21-23-33)24-26-10-3-1-4-11-26)34(18-8-2-5-16-31(36)37)19-17-28-14-9-13-27-12-6-7-15-29(27)28/h1,3-4,6-7,9-15H,2,5,8,16-25H2,(H,36,37). The summed E-state index contributed by atoms with van der Waals surface area (Å²) >= 11 is 0. The Balaban J connectivity index is 1.31. The van der Waals surface area contributed by atoms with Crippen LogP contribution in [0, 0.1) is 0 Å². The van der Waals surface area contributed by atoms with Crippen LogP contribution in [0.3, 0.4) is 0 Å². The van der Waals surface area contributed by atoms with E-state index in [1.165, 1.54) is 21.9 Å². The van der Waals surface area contributed by atoms with Crippen molar-refractivity contribution < 1.29 is 14.7 Å². The molecule has 1 N–H and O–H groups in total. The number of benzene rings is 3. The van der Waals surface area contributed by atoms with E-state index in [4.69, 9.17) is 5.11 Å². The Hall–Kier alpha value is -3.22. The number of aliphatic carboxylic acids is 1. The minimum absolute atomic E-state index is 0.176. The molecule has 0 bridgehead atoms. The number of nitrogens with zero attached hydrogens (tertiary/aromatic N) is 3. The lowest BCUT2D eigenvalue weighted by Crippen LogP contribution is -2.50. The van der Waals surface area contributed by atoms with Gasteiger partial charge in [0.2, 0.25) is 5.91 Å². The lowest BCUT2D eigenvalue weighted by molar-refractivity contribution is -0.137. The van der Waals surface area contributed by atoms with Gasteiger partial charge in [-0.2, -0.15) is 0 Å². The molecule has 37 heavy (non-hydrogen) atoms. The number of amides is 1. The number of carbonyl (C=O) groups excluding carboxylic acids is 1. The molecule has 0 aliphatic carbocycles. The summed E-state index contributed by atoms with van der Waals surface area (Å²) in [7, 11) is 0. The van der Waals surface area contributed by atoms with E-state index in [0.29, 0.717) is 26.1 Å². The summed E-state index contributed by atoms with van der Waals surface area (Å²) in [5.74, 6) is -0.578. The van der Waals surface area contributed by atoms with Crippen LogP contribution in [0.2, 0.25) is 0 Å². The van der Waals surface area contributed by atoms with Gasteiger partial charge in [-0.3, -0.25) is 19.4 Å². The van der Waals surface area contributed by atoms with E-state index in [2.05, 4.69) is 76.5 Å². The lowest BCUT2D eigenvalue weighted by atomic mass is 10.0. The van der Waals surface area contributed by atoms with Gasteiger partial charge >= 0.3 is 5.97 Å². The van der Waals surface area contributed by atoms with Crippen molar-refractivity contribution >= 4 is 22.6 Å². The number of carboxylic acids is 1. The summed E-state index contributed by atoms with van der Waals surface area (Å²) < 4.78 is 0. The van der Waals surface area contributed by atoms with Gasteiger partial charge in [0.05, 0.1) is 6.54 Å². The summed E-state index contributed by atoms with van der Waals surface area (Å²) in [4.78, 5) is 31.0. The SMILES string of the molecule is O=C(O)CCCCCN(CCc1cccc2ccccc12)C(=O)CN1CCN(Cc2ccccc2)CC1. The van der Waals surface area contributed by atoms with E-state index in [9.17, 15) is 9.59 Å². The molecular formula is C31H39N3O3. The second kappa shape index (κ2) is 13.9. The number of rotatable bonds is 13. The maximum atomic E-state index is 13.4. The van der Waals surface area contributed by atoms with E-state index in [1.807, 2.05) is 11.0 Å². The summed E-state index contributed by atoms with van der Waals surface area (Å²) in [5, 5.41) is 11.4. The van der Waals surface area contributed by atoms with Gasteiger partial charge < -0.3 is 10.0 Å². The number of unbranched alkanes of at least 4 members (excludes halogenated alkanes) is 2. The zero-order chi connectivity index (χ0) is 25.9. The van der Waals surface area contributed by atoms with Crippen molar-refractivity contribution in [3.8, 4) is 0 Å². The van der Waals surface area contributed by atoms with Crippen molar-refractivity contribution in [1.29, 1.82) is 0 Å². The van der Waals surface area contributed by atoms with E-state index < -0.39 is 5.97 Å². The summed E-state index contributed by atoms with van der Waals surface area (Å²) in [5.41, 5.74) is 2.59. The first kappa shape index (κ1) is 26.8. The highest BCUT2D eigenvalue weighted by Crippen LogP contribution is 2.19. The van der Waals surface area contributed by atoms with E-state index >= 15 is 0 Å². The Kier molecular flexibility index (Phi) is 10.1. The van der Waals surface area contributed by atoms with Gasteiger partial charge in [0.15, 0.2) is 0 Å². The monoisotopic (exact) mass is 501 g/mol. The fourth-order valence-electron chi connectivity index (χ4n) is 5.12. The molecule has 4 rings (SSSR count). The smallest absolute Gasteiger partial charge is 0.303 e. The van der Waals surface area contributed by atoms with Crippen LogP contribution in [0.15, 0.2) is 72.8 Å². The van der Waals surface area contributed by atoms with E-state index in [0.717, 1.165) is 52.0 Å². The van der Waals surface area contributed by atoms with E-state index in [-0.39, 0.29) is 12.3 Å². The number of carbonyl (C=O) groups is 2. The molecule has 6 nitrogen and oxygen atoms in total. The van der Waals surface area contributed by atoms with Crippen LogP contribution in [-0.4, -0.2) is 77.5 Å². The topological polar surface area (TPSA) is 64.1 Å². The first-order valence-electron chi connectivity index (χ1n) is 13.5. The largest absolute Gasteiger partial charge is 0.481 e. The lowest BCUT2D eigenvalue weighted by Gasteiger charge is -2.35. The van der Waals surface area contributed by atoms with Crippen LogP contribution < -0.4 is 0 Å². The third-order valence-corrected chi connectivity index (χ3v) is 7.28. The first-order valence-corrected chi connectivity index (χ1v) is 13.5. The normalized spacial score (nSPS) is 14.6. The van der Waals surface area contributed by atoms with Gasteiger partial charge in [-0.25, -0.2) is 0 Å². The Morgan fingerprint density at radius 2 is 1.46 bits per heavy atom. The molecule has 6 heteroatoms. The molecule has 0 radical (unpaired) electrons. The summed E-state index contributed by atoms with van der Waals surface area (Å²) in [6, 6.07) is 25.3. The number of carboxylic acid groups (broad SMARTS) is 1. The summed E-state index contributed by atoms with van der Waals surface area (Å²) in [6.07, 6.45) is 3.32. The number of fused-ring (bicyclic) bond motifs is 1. The predicted octanol–water partition coefficient (Wildman–Crippen LogP) is 4.67. The number of hydrogen-bond donors (Lipinski definition) is 1. The van der Waals surface area contributed by atoms with Gasteiger partial charge in [0, 0.05) is 52.2 Å².